The van der Waals surface area contributed by atoms with Crippen molar-refractivity contribution >= 4 is 0 Å². The zero-order valence-corrected chi connectivity index (χ0v) is 14.7. The van der Waals surface area contributed by atoms with Crippen LogP contribution in [0.25, 0.3) is 0 Å². The molecule has 0 heteroatoms. The quantitative estimate of drug-likeness (QED) is 0.551. The molecule has 0 aromatic heterocycles. The predicted octanol–water partition coefficient (Wildman–Crippen LogP) is 6.55. The first-order valence-corrected chi connectivity index (χ1v) is 8.40. The van der Waals surface area contributed by atoms with Crippen LogP contribution in [0.4, 0.5) is 0 Å². The lowest BCUT2D eigenvalue weighted by Crippen LogP contribution is -2.14. The molecule has 114 valence electrons. The van der Waals surface area contributed by atoms with Crippen LogP contribution in [0.1, 0.15) is 84.8 Å². The Labute approximate surface area is 127 Å². The summed E-state index contributed by atoms with van der Waals surface area (Å²) in [4.78, 5) is 0. The van der Waals surface area contributed by atoms with Crippen LogP contribution in [0.3, 0.4) is 0 Å². The largest absolute Gasteiger partial charge is 0.0651 e. The summed E-state index contributed by atoms with van der Waals surface area (Å²) in [6.07, 6.45) is 3.87. The summed E-state index contributed by atoms with van der Waals surface area (Å²) in [7, 11) is 0. The van der Waals surface area contributed by atoms with E-state index in [1.54, 1.807) is 0 Å². The van der Waals surface area contributed by atoms with Gasteiger partial charge in [0.25, 0.3) is 0 Å². The van der Waals surface area contributed by atoms with Gasteiger partial charge in [-0.25, -0.2) is 0 Å². The lowest BCUT2D eigenvalue weighted by Gasteiger charge is -2.27. The molecule has 0 aliphatic rings. The van der Waals surface area contributed by atoms with Crippen LogP contribution in [0, 0.1) is 11.8 Å². The maximum atomic E-state index is 2.41. The molecule has 0 amide bonds. The highest BCUT2D eigenvalue weighted by Crippen LogP contribution is 2.35. The van der Waals surface area contributed by atoms with Crippen molar-refractivity contribution in [2.75, 3.05) is 0 Å². The van der Waals surface area contributed by atoms with Gasteiger partial charge in [-0.15, -0.1) is 0 Å². The van der Waals surface area contributed by atoms with Crippen molar-refractivity contribution < 1.29 is 0 Å². The highest BCUT2D eigenvalue weighted by atomic mass is 14.3. The molecule has 0 N–H and O–H groups in total. The minimum atomic E-state index is 0.251. The third kappa shape index (κ3) is 4.65. The Morgan fingerprint density at radius 2 is 1.45 bits per heavy atom. The average molecular weight is 274 g/mol. The van der Waals surface area contributed by atoms with E-state index in [4.69, 9.17) is 0 Å². The molecule has 3 atom stereocenters. The fourth-order valence-corrected chi connectivity index (χ4v) is 2.81. The summed E-state index contributed by atoms with van der Waals surface area (Å²) >= 11 is 0. The van der Waals surface area contributed by atoms with E-state index in [0.717, 1.165) is 11.8 Å². The van der Waals surface area contributed by atoms with Gasteiger partial charge in [-0.2, -0.15) is 0 Å². The number of benzene rings is 1. The van der Waals surface area contributed by atoms with Crippen LogP contribution < -0.4 is 0 Å². The van der Waals surface area contributed by atoms with E-state index in [-0.39, 0.29) is 5.41 Å². The normalized spacial score (nSPS) is 16.8. The molecule has 0 spiro atoms. The SMILES string of the molecule is CCC(C)CC(c1ccc(C(C)(C)C)cc1)C(C)CC. The summed E-state index contributed by atoms with van der Waals surface area (Å²) in [5.41, 5.74) is 3.22. The summed E-state index contributed by atoms with van der Waals surface area (Å²) < 4.78 is 0. The molecule has 0 heterocycles. The van der Waals surface area contributed by atoms with Crippen molar-refractivity contribution in [3.8, 4) is 0 Å². The molecule has 0 aliphatic carbocycles. The van der Waals surface area contributed by atoms with Crippen molar-refractivity contribution in [2.45, 2.75) is 79.1 Å². The highest BCUT2D eigenvalue weighted by Gasteiger charge is 2.21. The Bertz CT molecular complexity index is 379. The van der Waals surface area contributed by atoms with E-state index >= 15 is 0 Å². The van der Waals surface area contributed by atoms with Crippen LogP contribution in [0.15, 0.2) is 24.3 Å². The van der Waals surface area contributed by atoms with Gasteiger partial charge in [-0.05, 0) is 40.7 Å². The van der Waals surface area contributed by atoms with Crippen molar-refractivity contribution in [3.63, 3.8) is 0 Å². The van der Waals surface area contributed by atoms with Crippen LogP contribution in [0.5, 0.6) is 0 Å². The Kier molecular flexibility index (Phi) is 6.30. The van der Waals surface area contributed by atoms with Gasteiger partial charge < -0.3 is 0 Å². The maximum absolute atomic E-state index is 2.41. The van der Waals surface area contributed by atoms with Gasteiger partial charge in [0, 0.05) is 0 Å². The Balaban J connectivity index is 2.96. The van der Waals surface area contributed by atoms with Gasteiger partial charge in [-0.3, -0.25) is 0 Å². The fourth-order valence-electron chi connectivity index (χ4n) is 2.81. The Hall–Kier alpha value is -0.780. The minimum Gasteiger partial charge on any atom is -0.0651 e. The second-order valence-corrected chi connectivity index (χ2v) is 7.61. The van der Waals surface area contributed by atoms with Gasteiger partial charge in [0.05, 0.1) is 0 Å². The Morgan fingerprint density at radius 1 is 0.900 bits per heavy atom. The maximum Gasteiger partial charge on any atom is -0.0132 e. The molecule has 1 rings (SSSR count). The molecule has 0 fully saturated rings. The first-order chi connectivity index (χ1) is 9.29. The third-order valence-electron chi connectivity index (χ3n) is 4.89. The lowest BCUT2D eigenvalue weighted by atomic mass is 9.78. The predicted molar refractivity (Wildman–Crippen MR) is 91.4 cm³/mol. The second kappa shape index (κ2) is 7.29. The molecule has 0 bridgehead atoms. The molecule has 1 aromatic carbocycles. The van der Waals surface area contributed by atoms with E-state index in [1.165, 1.54) is 30.4 Å². The minimum absolute atomic E-state index is 0.251. The lowest BCUT2D eigenvalue weighted by molar-refractivity contribution is 0.359. The fraction of sp³-hybridized carbons (Fsp3) is 0.700. The smallest absolute Gasteiger partial charge is 0.0132 e. The van der Waals surface area contributed by atoms with E-state index in [9.17, 15) is 0 Å². The summed E-state index contributed by atoms with van der Waals surface area (Å²) in [6.45, 7) is 16.3. The molecule has 0 aliphatic heterocycles. The number of hydrogen-bond acceptors (Lipinski definition) is 0. The second-order valence-electron chi connectivity index (χ2n) is 7.61. The molecular formula is C20H34. The summed E-state index contributed by atoms with van der Waals surface area (Å²) in [5, 5.41) is 0. The van der Waals surface area contributed by atoms with Crippen LogP contribution >= 0.6 is 0 Å². The van der Waals surface area contributed by atoms with Crippen molar-refractivity contribution in [2.24, 2.45) is 11.8 Å². The van der Waals surface area contributed by atoms with Crippen LogP contribution in [-0.2, 0) is 5.41 Å². The van der Waals surface area contributed by atoms with E-state index in [2.05, 4.69) is 72.7 Å². The molecule has 3 unspecified atom stereocenters. The van der Waals surface area contributed by atoms with E-state index in [0.29, 0.717) is 5.92 Å². The average Bonchev–Trinajstić information content (AvgIpc) is 2.42. The molecule has 0 saturated heterocycles. The molecule has 0 saturated carbocycles. The molecule has 0 nitrogen and oxygen atoms in total. The molecule has 1 aromatic rings. The van der Waals surface area contributed by atoms with E-state index < -0.39 is 0 Å². The van der Waals surface area contributed by atoms with Crippen molar-refractivity contribution in [1.82, 2.24) is 0 Å². The van der Waals surface area contributed by atoms with Crippen LogP contribution in [-0.4, -0.2) is 0 Å². The zero-order chi connectivity index (χ0) is 15.3. The van der Waals surface area contributed by atoms with Crippen LogP contribution in [0.2, 0.25) is 0 Å². The summed E-state index contributed by atoms with van der Waals surface area (Å²) in [6, 6.07) is 9.42. The third-order valence-corrected chi connectivity index (χ3v) is 4.89. The highest BCUT2D eigenvalue weighted by molar-refractivity contribution is 5.29. The molecular weight excluding hydrogens is 240 g/mol. The monoisotopic (exact) mass is 274 g/mol. The Morgan fingerprint density at radius 3 is 1.85 bits per heavy atom. The standard InChI is InChI=1S/C20H34/c1-8-15(3)14-19(16(4)9-2)17-10-12-18(13-11-17)20(5,6)7/h10-13,15-16,19H,8-9,14H2,1-7H3. The zero-order valence-electron chi connectivity index (χ0n) is 14.7. The van der Waals surface area contributed by atoms with Gasteiger partial charge >= 0.3 is 0 Å². The van der Waals surface area contributed by atoms with Gasteiger partial charge in [0.15, 0.2) is 0 Å². The van der Waals surface area contributed by atoms with Gasteiger partial charge in [-0.1, -0.05) is 85.6 Å². The van der Waals surface area contributed by atoms with Gasteiger partial charge in [0.2, 0.25) is 0 Å². The van der Waals surface area contributed by atoms with E-state index in [1.807, 2.05) is 0 Å². The summed E-state index contributed by atoms with van der Waals surface area (Å²) in [5.74, 6) is 2.30. The topological polar surface area (TPSA) is 0 Å². The molecule has 20 heavy (non-hydrogen) atoms. The van der Waals surface area contributed by atoms with Crippen molar-refractivity contribution in [1.29, 1.82) is 0 Å². The number of hydrogen-bond donors (Lipinski definition) is 0. The van der Waals surface area contributed by atoms with Crippen molar-refractivity contribution in [3.05, 3.63) is 35.4 Å². The first-order valence-electron chi connectivity index (χ1n) is 8.40. The number of rotatable bonds is 6. The molecule has 0 radical (unpaired) electrons. The first kappa shape index (κ1) is 17.3. The van der Waals surface area contributed by atoms with Gasteiger partial charge in [0.1, 0.15) is 0 Å².